The Bertz CT molecular complexity index is 1670. The standard InChI is InChI=1S/C47H64O4/c1-27(2)48-41-29(5)23-39(24-30(41)6)46(15,16)50-43-33(9)19-37(20-34(43)10)45(13,14)38-21-35(11)44(36(12)22-38)51-47(17,18)40-25-31(7)42(32(8)26-40)49-28(3)4/h19-28H,1-18H3. The fourth-order valence-electron chi connectivity index (χ4n) is 7.18. The molecule has 0 aliphatic heterocycles. The molecule has 0 atom stereocenters. The molecule has 0 saturated carbocycles. The van der Waals surface area contributed by atoms with Crippen molar-refractivity contribution in [2.24, 2.45) is 0 Å². The van der Waals surface area contributed by atoms with Crippen LogP contribution < -0.4 is 18.9 Å². The molecule has 0 aromatic heterocycles. The zero-order chi connectivity index (χ0) is 38.4. The molecule has 0 saturated heterocycles. The molecule has 0 aliphatic rings. The third-order valence-corrected chi connectivity index (χ3v) is 10.1. The van der Waals surface area contributed by atoms with Crippen LogP contribution in [0.15, 0.2) is 48.5 Å². The Labute approximate surface area is 309 Å². The summed E-state index contributed by atoms with van der Waals surface area (Å²) >= 11 is 0. The lowest BCUT2D eigenvalue weighted by Gasteiger charge is -2.33. The van der Waals surface area contributed by atoms with E-state index in [1.165, 1.54) is 11.1 Å². The molecule has 0 heterocycles. The molecule has 276 valence electrons. The Balaban J connectivity index is 1.62. The molecule has 0 bridgehead atoms. The predicted octanol–water partition coefficient (Wildman–Crippen LogP) is 12.7. The molecule has 4 aromatic carbocycles. The quantitative estimate of drug-likeness (QED) is 0.148. The summed E-state index contributed by atoms with van der Waals surface area (Å²) in [5.41, 5.74) is 12.5. The normalized spacial score (nSPS) is 12.5. The Hall–Kier alpha value is -3.92. The van der Waals surface area contributed by atoms with Gasteiger partial charge in [-0.2, -0.15) is 0 Å². The first-order chi connectivity index (χ1) is 23.4. The van der Waals surface area contributed by atoms with Gasteiger partial charge in [-0.25, -0.2) is 0 Å². The van der Waals surface area contributed by atoms with Gasteiger partial charge in [0, 0.05) is 5.41 Å². The zero-order valence-electron chi connectivity index (χ0n) is 34.9. The molecule has 0 aliphatic carbocycles. The Morgan fingerprint density at radius 1 is 0.353 bits per heavy atom. The van der Waals surface area contributed by atoms with Gasteiger partial charge < -0.3 is 18.9 Å². The SMILES string of the molecule is Cc1cc(C(C)(C)Oc2c(C)cc(C(C)(C)c3cc(C)c(OC(C)(C)c4cc(C)c(OC(C)C)c(C)c4)c(C)c3)cc2C)cc(C)c1OC(C)C. The van der Waals surface area contributed by atoms with E-state index in [0.29, 0.717) is 0 Å². The van der Waals surface area contributed by atoms with Gasteiger partial charge in [0.2, 0.25) is 0 Å². The van der Waals surface area contributed by atoms with Gasteiger partial charge in [-0.05, 0) is 202 Å². The van der Waals surface area contributed by atoms with Crippen molar-refractivity contribution in [2.45, 2.75) is 153 Å². The highest BCUT2D eigenvalue weighted by molar-refractivity contribution is 5.53. The van der Waals surface area contributed by atoms with Crippen LogP contribution in [0.5, 0.6) is 23.0 Å². The highest BCUT2D eigenvalue weighted by atomic mass is 16.5. The summed E-state index contributed by atoms with van der Waals surface area (Å²) in [6, 6.07) is 18.0. The molecule has 51 heavy (non-hydrogen) atoms. The first kappa shape index (κ1) is 39.9. The minimum absolute atomic E-state index is 0.129. The van der Waals surface area contributed by atoms with Crippen molar-refractivity contribution >= 4 is 0 Å². The number of hydrogen-bond acceptors (Lipinski definition) is 4. The van der Waals surface area contributed by atoms with Crippen molar-refractivity contribution in [3.8, 4) is 23.0 Å². The van der Waals surface area contributed by atoms with Gasteiger partial charge in [0.1, 0.15) is 34.2 Å². The summed E-state index contributed by atoms with van der Waals surface area (Å²) in [5, 5.41) is 0. The smallest absolute Gasteiger partial charge is 0.128 e. The second-order valence-corrected chi connectivity index (χ2v) is 16.9. The van der Waals surface area contributed by atoms with Gasteiger partial charge in [-0.1, -0.05) is 38.1 Å². The summed E-state index contributed by atoms with van der Waals surface area (Å²) in [4.78, 5) is 0. The average molecular weight is 693 g/mol. The van der Waals surface area contributed by atoms with Gasteiger partial charge in [0.05, 0.1) is 12.2 Å². The minimum atomic E-state index is -0.530. The zero-order valence-corrected chi connectivity index (χ0v) is 34.9. The van der Waals surface area contributed by atoms with Crippen molar-refractivity contribution < 1.29 is 18.9 Å². The van der Waals surface area contributed by atoms with Crippen molar-refractivity contribution in [1.29, 1.82) is 0 Å². The maximum absolute atomic E-state index is 6.86. The fraction of sp³-hybridized carbons (Fsp3) is 0.489. The van der Waals surface area contributed by atoms with E-state index < -0.39 is 11.2 Å². The molecule has 4 rings (SSSR count). The topological polar surface area (TPSA) is 36.9 Å². The van der Waals surface area contributed by atoms with Crippen LogP contribution in [0.25, 0.3) is 0 Å². The van der Waals surface area contributed by atoms with Gasteiger partial charge in [-0.3, -0.25) is 0 Å². The van der Waals surface area contributed by atoms with Crippen LogP contribution in [0.4, 0.5) is 0 Å². The van der Waals surface area contributed by atoms with Crippen LogP contribution in [-0.2, 0) is 16.6 Å². The van der Waals surface area contributed by atoms with E-state index in [-0.39, 0.29) is 17.6 Å². The third-order valence-electron chi connectivity index (χ3n) is 10.1. The van der Waals surface area contributed by atoms with Gasteiger partial charge in [0.25, 0.3) is 0 Å². The maximum atomic E-state index is 6.86. The lowest BCUT2D eigenvalue weighted by Crippen LogP contribution is -2.27. The highest BCUT2D eigenvalue weighted by Crippen LogP contribution is 2.42. The fourth-order valence-corrected chi connectivity index (χ4v) is 7.18. The van der Waals surface area contributed by atoms with Crippen molar-refractivity contribution in [3.63, 3.8) is 0 Å². The molecule has 0 unspecified atom stereocenters. The summed E-state index contributed by atoms with van der Waals surface area (Å²) < 4.78 is 26.0. The maximum Gasteiger partial charge on any atom is 0.128 e. The van der Waals surface area contributed by atoms with Crippen molar-refractivity contribution in [2.75, 3.05) is 0 Å². The van der Waals surface area contributed by atoms with Crippen LogP contribution in [0.3, 0.4) is 0 Å². The number of ether oxygens (including phenoxy) is 4. The summed E-state index contributed by atoms with van der Waals surface area (Å²) in [6.45, 7) is 38.6. The Kier molecular flexibility index (Phi) is 11.4. The van der Waals surface area contributed by atoms with E-state index in [0.717, 1.165) is 78.6 Å². The molecular weight excluding hydrogens is 629 g/mol. The Morgan fingerprint density at radius 3 is 0.804 bits per heavy atom. The summed E-state index contributed by atoms with van der Waals surface area (Å²) in [6.07, 6.45) is 0.259. The second kappa shape index (κ2) is 14.6. The van der Waals surface area contributed by atoms with E-state index >= 15 is 0 Å². The van der Waals surface area contributed by atoms with Crippen LogP contribution in [0.1, 0.15) is 136 Å². The monoisotopic (exact) mass is 692 g/mol. The highest BCUT2D eigenvalue weighted by Gasteiger charge is 2.31. The number of benzene rings is 4. The Morgan fingerprint density at radius 2 is 0.569 bits per heavy atom. The predicted molar refractivity (Wildman–Crippen MR) is 215 cm³/mol. The van der Waals surface area contributed by atoms with Gasteiger partial charge in [0.15, 0.2) is 0 Å². The number of hydrogen-bond donors (Lipinski definition) is 0. The molecule has 4 aromatic rings. The molecule has 0 fully saturated rings. The molecule has 0 spiro atoms. The third kappa shape index (κ3) is 8.59. The van der Waals surface area contributed by atoms with Crippen LogP contribution in [0.2, 0.25) is 0 Å². The molecule has 4 nitrogen and oxygen atoms in total. The first-order valence-corrected chi connectivity index (χ1v) is 18.6. The van der Waals surface area contributed by atoms with Gasteiger partial charge >= 0.3 is 0 Å². The largest absolute Gasteiger partial charge is 0.490 e. The number of rotatable bonds is 12. The minimum Gasteiger partial charge on any atom is -0.490 e. The van der Waals surface area contributed by atoms with Crippen molar-refractivity contribution in [1.82, 2.24) is 0 Å². The summed E-state index contributed by atoms with van der Waals surface area (Å²) in [5.74, 6) is 3.80. The molecule has 0 radical (unpaired) electrons. The van der Waals surface area contributed by atoms with E-state index in [1.54, 1.807) is 0 Å². The molecule has 0 N–H and O–H groups in total. The van der Waals surface area contributed by atoms with Gasteiger partial charge in [-0.15, -0.1) is 0 Å². The lowest BCUT2D eigenvalue weighted by molar-refractivity contribution is 0.106. The van der Waals surface area contributed by atoms with E-state index in [9.17, 15) is 0 Å². The summed E-state index contributed by atoms with van der Waals surface area (Å²) in [7, 11) is 0. The van der Waals surface area contributed by atoms with Crippen LogP contribution in [0, 0.1) is 55.4 Å². The van der Waals surface area contributed by atoms with Crippen molar-refractivity contribution in [3.05, 3.63) is 115 Å². The number of aryl methyl sites for hydroxylation is 8. The van der Waals surface area contributed by atoms with E-state index in [1.807, 2.05) is 0 Å². The first-order valence-electron chi connectivity index (χ1n) is 18.6. The van der Waals surface area contributed by atoms with E-state index in [4.69, 9.17) is 18.9 Å². The molecule has 4 heteroatoms. The second-order valence-electron chi connectivity index (χ2n) is 16.9. The van der Waals surface area contributed by atoms with E-state index in [2.05, 4.69) is 173 Å². The van der Waals surface area contributed by atoms with Crippen LogP contribution in [-0.4, -0.2) is 12.2 Å². The average Bonchev–Trinajstić information content (AvgIpc) is 2.99. The molecule has 0 amide bonds. The lowest BCUT2D eigenvalue weighted by atomic mass is 9.76. The van der Waals surface area contributed by atoms with Crippen LogP contribution >= 0.6 is 0 Å². The molecular formula is C47H64O4.